The summed E-state index contributed by atoms with van der Waals surface area (Å²) < 4.78 is 7.15. The Morgan fingerprint density at radius 1 is 1.19 bits per heavy atom. The van der Waals surface area contributed by atoms with Crippen LogP contribution in [-0.2, 0) is 26.3 Å². The fourth-order valence-corrected chi connectivity index (χ4v) is 7.96. The highest BCUT2D eigenvalue weighted by molar-refractivity contribution is 7.13. The summed E-state index contributed by atoms with van der Waals surface area (Å²) in [5.74, 6) is -0.196. The standard InChI is InChI=1S/C32H44N6O3S/c1-21-26(42-20-34-21)23-12-10-22(11-13-23)15-33-28(39)24-9-8-14-37(24)29(40)27(30(2,3)4)38-16-25(35-36-38)32(6)17-31(5,18-32)19-41-7/h10-13,16,20,24,27H,8-9,14-15,17-19H2,1-7H3,(H,33,39). The van der Waals surface area contributed by atoms with Gasteiger partial charge in [-0.05, 0) is 54.6 Å². The molecule has 2 unspecified atom stereocenters. The van der Waals surface area contributed by atoms with E-state index in [2.05, 4.69) is 46.6 Å². The van der Waals surface area contributed by atoms with Gasteiger partial charge in [-0.1, -0.05) is 64.1 Å². The number of thiazole rings is 1. The van der Waals surface area contributed by atoms with E-state index in [9.17, 15) is 9.59 Å². The Balaban J connectivity index is 1.26. The minimum atomic E-state index is -0.566. The van der Waals surface area contributed by atoms with Crippen molar-refractivity contribution in [3.05, 3.63) is 52.9 Å². The van der Waals surface area contributed by atoms with Crippen LogP contribution < -0.4 is 5.32 Å². The summed E-state index contributed by atoms with van der Waals surface area (Å²) in [7, 11) is 1.74. The first-order chi connectivity index (χ1) is 19.8. The molecule has 1 saturated carbocycles. The van der Waals surface area contributed by atoms with Crippen molar-refractivity contribution in [1.82, 2.24) is 30.2 Å². The fraction of sp³-hybridized carbons (Fsp3) is 0.594. The molecular formula is C32H44N6O3S. The molecule has 2 aliphatic rings. The highest BCUT2D eigenvalue weighted by Crippen LogP contribution is 2.55. The monoisotopic (exact) mass is 592 g/mol. The van der Waals surface area contributed by atoms with Crippen molar-refractivity contribution in [2.75, 3.05) is 20.3 Å². The van der Waals surface area contributed by atoms with Crippen LogP contribution in [-0.4, -0.2) is 63.0 Å². The summed E-state index contributed by atoms with van der Waals surface area (Å²) in [6, 6.07) is 7.13. The molecular weight excluding hydrogens is 548 g/mol. The van der Waals surface area contributed by atoms with Gasteiger partial charge in [-0.25, -0.2) is 9.67 Å². The van der Waals surface area contributed by atoms with Crippen molar-refractivity contribution in [3.8, 4) is 10.4 Å². The van der Waals surface area contributed by atoms with Gasteiger partial charge in [-0.2, -0.15) is 0 Å². The van der Waals surface area contributed by atoms with Crippen molar-refractivity contribution in [2.24, 2.45) is 10.8 Å². The van der Waals surface area contributed by atoms with Gasteiger partial charge in [0.05, 0.1) is 28.4 Å². The molecule has 1 aliphatic heterocycles. The first kappa shape index (κ1) is 30.4. The number of nitrogens with one attached hydrogen (secondary N) is 1. The number of amides is 2. The van der Waals surface area contributed by atoms with Gasteiger partial charge in [0, 0.05) is 31.8 Å². The second kappa shape index (κ2) is 11.5. The van der Waals surface area contributed by atoms with Gasteiger partial charge in [-0.15, -0.1) is 16.4 Å². The third-order valence-corrected chi connectivity index (χ3v) is 9.82. The largest absolute Gasteiger partial charge is 0.384 e. The van der Waals surface area contributed by atoms with Crippen LogP contribution in [0.1, 0.15) is 83.3 Å². The van der Waals surface area contributed by atoms with Crippen LogP contribution in [0.2, 0.25) is 0 Å². The first-order valence-corrected chi connectivity index (χ1v) is 15.7. The van der Waals surface area contributed by atoms with Gasteiger partial charge >= 0.3 is 0 Å². The Kier molecular flexibility index (Phi) is 8.33. The molecule has 226 valence electrons. The predicted molar refractivity (Wildman–Crippen MR) is 164 cm³/mol. The number of carbonyl (C=O) groups excluding carboxylic acids is 2. The number of benzene rings is 1. The number of hydrogen-bond acceptors (Lipinski definition) is 7. The summed E-state index contributed by atoms with van der Waals surface area (Å²) in [6.07, 6.45) is 5.31. The van der Waals surface area contributed by atoms with E-state index in [1.807, 2.05) is 51.5 Å². The average Bonchev–Trinajstić information content (AvgIpc) is 3.67. The molecule has 1 N–H and O–H groups in total. The molecule has 0 spiro atoms. The number of likely N-dealkylation sites (tertiary alicyclic amines) is 1. The zero-order valence-electron chi connectivity index (χ0n) is 25.9. The Hall–Kier alpha value is -3.11. The van der Waals surface area contributed by atoms with Crippen molar-refractivity contribution in [3.63, 3.8) is 0 Å². The molecule has 2 atom stereocenters. The van der Waals surface area contributed by atoms with Gasteiger partial charge in [0.15, 0.2) is 0 Å². The first-order valence-electron chi connectivity index (χ1n) is 14.8. The molecule has 42 heavy (non-hydrogen) atoms. The van der Waals surface area contributed by atoms with Crippen LogP contribution in [0.5, 0.6) is 0 Å². The molecule has 1 aliphatic carbocycles. The van der Waals surface area contributed by atoms with E-state index in [-0.39, 0.29) is 22.6 Å². The lowest BCUT2D eigenvalue weighted by Crippen LogP contribution is -2.50. The molecule has 9 nitrogen and oxygen atoms in total. The summed E-state index contributed by atoms with van der Waals surface area (Å²) in [5, 5.41) is 12.1. The second-order valence-corrected chi connectivity index (χ2v) is 14.7. The molecule has 2 fully saturated rings. The van der Waals surface area contributed by atoms with Gasteiger partial charge in [0.1, 0.15) is 12.1 Å². The Bertz CT molecular complexity index is 1420. The van der Waals surface area contributed by atoms with Crippen LogP contribution in [0, 0.1) is 17.8 Å². The number of rotatable bonds is 9. The molecule has 2 amide bonds. The summed E-state index contributed by atoms with van der Waals surface area (Å²) >= 11 is 1.62. The maximum atomic E-state index is 14.1. The van der Waals surface area contributed by atoms with E-state index in [1.54, 1.807) is 28.0 Å². The summed E-state index contributed by atoms with van der Waals surface area (Å²) in [6.45, 7) is 14.3. The van der Waals surface area contributed by atoms with Gasteiger partial charge in [-0.3, -0.25) is 9.59 Å². The zero-order chi connectivity index (χ0) is 30.3. The highest BCUT2D eigenvalue weighted by atomic mass is 32.1. The number of aryl methyl sites for hydroxylation is 1. The third-order valence-electron chi connectivity index (χ3n) is 8.84. The Morgan fingerprint density at radius 3 is 2.52 bits per heavy atom. The molecule has 0 bridgehead atoms. The Morgan fingerprint density at radius 2 is 1.90 bits per heavy atom. The van der Waals surface area contributed by atoms with Crippen molar-refractivity contribution in [2.45, 2.75) is 91.3 Å². The molecule has 1 saturated heterocycles. The number of methoxy groups -OCH3 is 1. The lowest BCUT2D eigenvalue weighted by atomic mass is 9.53. The molecule has 0 radical (unpaired) electrons. The molecule has 1 aromatic carbocycles. The lowest BCUT2D eigenvalue weighted by molar-refractivity contribution is -0.144. The van der Waals surface area contributed by atoms with Gasteiger partial charge < -0.3 is 15.0 Å². The number of carbonyl (C=O) groups is 2. The van der Waals surface area contributed by atoms with Crippen molar-refractivity contribution < 1.29 is 14.3 Å². The van der Waals surface area contributed by atoms with Crippen LogP contribution >= 0.6 is 11.3 Å². The van der Waals surface area contributed by atoms with E-state index in [0.717, 1.165) is 53.3 Å². The quantitative estimate of drug-likeness (QED) is 0.361. The molecule has 10 heteroatoms. The summed E-state index contributed by atoms with van der Waals surface area (Å²) in [4.78, 5) is 34.8. The van der Waals surface area contributed by atoms with Crippen LogP contribution in [0.3, 0.4) is 0 Å². The predicted octanol–water partition coefficient (Wildman–Crippen LogP) is 5.31. The SMILES string of the molecule is COCC1(C)CC(C)(c2cn(C(C(=O)N3CCCC3C(=O)NCc3ccc(-c4scnc4C)cc3)C(C)(C)C)nn2)C1. The third kappa shape index (κ3) is 6.01. The Labute approximate surface area is 253 Å². The zero-order valence-corrected chi connectivity index (χ0v) is 26.8. The topological polar surface area (TPSA) is 102 Å². The van der Waals surface area contributed by atoms with Crippen LogP contribution in [0.25, 0.3) is 10.4 Å². The number of nitrogens with zero attached hydrogens (tertiary/aromatic N) is 5. The minimum Gasteiger partial charge on any atom is -0.384 e. The van der Waals surface area contributed by atoms with Crippen LogP contribution in [0.4, 0.5) is 0 Å². The summed E-state index contributed by atoms with van der Waals surface area (Å²) in [5.41, 5.74) is 5.53. The molecule has 5 rings (SSSR count). The number of aromatic nitrogens is 4. The minimum absolute atomic E-state index is 0.0798. The molecule has 2 aromatic heterocycles. The number of hydrogen-bond donors (Lipinski definition) is 1. The van der Waals surface area contributed by atoms with E-state index in [0.29, 0.717) is 19.5 Å². The maximum absolute atomic E-state index is 14.1. The average molecular weight is 593 g/mol. The van der Waals surface area contributed by atoms with Gasteiger partial charge in [0.25, 0.3) is 0 Å². The molecule has 3 aromatic rings. The van der Waals surface area contributed by atoms with E-state index >= 15 is 0 Å². The highest BCUT2D eigenvalue weighted by Gasteiger charge is 2.52. The van der Waals surface area contributed by atoms with Crippen LogP contribution in [0.15, 0.2) is 36.0 Å². The lowest BCUT2D eigenvalue weighted by Gasteiger charge is -2.51. The van der Waals surface area contributed by atoms with Crippen molar-refractivity contribution >= 4 is 23.2 Å². The van der Waals surface area contributed by atoms with E-state index in [4.69, 9.17) is 4.74 Å². The van der Waals surface area contributed by atoms with E-state index < -0.39 is 17.5 Å². The van der Waals surface area contributed by atoms with Crippen molar-refractivity contribution in [1.29, 1.82) is 0 Å². The molecule has 3 heterocycles. The second-order valence-electron chi connectivity index (χ2n) is 13.9. The smallest absolute Gasteiger partial charge is 0.248 e. The number of ether oxygens (including phenoxy) is 1. The maximum Gasteiger partial charge on any atom is 0.248 e. The van der Waals surface area contributed by atoms with E-state index in [1.165, 1.54) is 0 Å². The fourth-order valence-electron chi connectivity index (χ4n) is 7.14. The van der Waals surface area contributed by atoms with Gasteiger partial charge in [0.2, 0.25) is 11.8 Å². The normalized spacial score (nSPS) is 24.8.